The molecule has 3 aromatic heterocycles. The molecule has 0 saturated heterocycles. The van der Waals surface area contributed by atoms with E-state index in [4.69, 9.17) is 4.42 Å². The van der Waals surface area contributed by atoms with Crippen LogP contribution in [0.15, 0.2) is 29.1 Å². The summed E-state index contributed by atoms with van der Waals surface area (Å²) in [5.74, 6) is -0.773. The number of fused-ring (bicyclic) bond motifs is 1. The number of alkyl halides is 2. The molecule has 1 aliphatic heterocycles. The van der Waals surface area contributed by atoms with Gasteiger partial charge in [-0.05, 0) is 24.5 Å². The van der Waals surface area contributed by atoms with Gasteiger partial charge in [0.1, 0.15) is 0 Å². The number of carbonyl (C=O) groups is 1. The quantitative estimate of drug-likeness (QED) is 0.693. The maximum absolute atomic E-state index is 12.6. The van der Waals surface area contributed by atoms with E-state index >= 15 is 0 Å². The minimum absolute atomic E-state index is 0.0180. The van der Waals surface area contributed by atoms with Crippen LogP contribution < -0.4 is 4.90 Å². The Morgan fingerprint density at radius 2 is 2.15 bits per heavy atom. The molecule has 4 heterocycles. The Morgan fingerprint density at radius 1 is 1.27 bits per heavy atom. The van der Waals surface area contributed by atoms with Crippen LogP contribution in [0.3, 0.4) is 0 Å². The predicted octanol–water partition coefficient (Wildman–Crippen LogP) is 3.40. The molecule has 0 bridgehead atoms. The summed E-state index contributed by atoms with van der Waals surface area (Å²) in [4.78, 5) is 23.2. The number of carbonyl (C=O) groups excluding carboxylic acids is 1. The van der Waals surface area contributed by atoms with E-state index in [-0.39, 0.29) is 11.8 Å². The van der Waals surface area contributed by atoms with Crippen LogP contribution in [0, 0.1) is 0 Å². The molecule has 0 fully saturated rings. The van der Waals surface area contributed by atoms with Crippen molar-refractivity contribution in [1.29, 1.82) is 0 Å². The topological polar surface area (TPSA) is 85.0 Å². The van der Waals surface area contributed by atoms with Crippen LogP contribution in [0.2, 0.25) is 0 Å². The lowest BCUT2D eigenvalue weighted by Gasteiger charge is -2.21. The largest absolute Gasteiger partial charge is 0.413 e. The fraction of sp³-hybridized carbons (Fsp3) is 0.312. The Morgan fingerprint density at radius 3 is 2.96 bits per heavy atom. The van der Waals surface area contributed by atoms with Crippen molar-refractivity contribution >= 4 is 22.9 Å². The Hall–Kier alpha value is -2.75. The number of anilines is 1. The Balaban J connectivity index is 1.59. The minimum Gasteiger partial charge on any atom is -0.413 e. The number of hydrogen-bond acceptors (Lipinski definition) is 7. The number of hydrogen-bond donors (Lipinski definition) is 0. The second kappa shape index (κ2) is 6.87. The number of halogens is 2. The van der Waals surface area contributed by atoms with Crippen molar-refractivity contribution in [2.24, 2.45) is 0 Å². The molecule has 134 valence electrons. The zero-order chi connectivity index (χ0) is 18.1. The molecule has 1 amide bonds. The van der Waals surface area contributed by atoms with Crippen molar-refractivity contribution < 1.29 is 18.0 Å². The molecule has 0 aliphatic carbocycles. The van der Waals surface area contributed by atoms with Crippen LogP contribution in [-0.2, 0) is 17.8 Å². The van der Waals surface area contributed by atoms with E-state index in [9.17, 15) is 13.6 Å². The number of aryl methyl sites for hydroxylation is 1. The van der Waals surface area contributed by atoms with E-state index < -0.39 is 12.3 Å². The van der Waals surface area contributed by atoms with E-state index in [2.05, 4.69) is 20.2 Å². The first-order valence-corrected chi connectivity index (χ1v) is 8.73. The summed E-state index contributed by atoms with van der Waals surface area (Å²) in [7, 11) is 0. The molecule has 26 heavy (non-hydrogen) atoms. The van der Waals surface area contributed by atoms with Crippen molar-refractivity contribution in [2.45, 2.75) is 32.2 Å². The smallest absolute Gasteiger partial charge is 0.314 e. The molecular weight excluding hydrogens is 364 g/mol. The van der Waals surface area contributed by atoms with Gasteiger partial charge in [-0.1, -0.05) is 0 Å². The zero-order valence-corrected chi connectivity index (χ0v) is 14.2. The van der Waals surface area contributed by atoms with Gasteiger partial charge in [0.2, 0.25) is 5.91 Å². The van der Waals surface area contributed by atoms with Crippen molar-refractivity contribution in [2.75, 3.05) is 4.90 Å². The first-order chi connectivity index (χ1) is 12.6. The van der Waals surface area contributed by atoms with Gasteiger partial charge in [-0.3, -0.25) is 9.78 Å². The molecule has 0 spiro atoms. The van der Waals surface area contributed by atoms with E-state index in [0.29, 0.717) is 18.0 Å². The lowest BCUT2D eigenvalue weighted by Crippen LogP contribution is -2.29. The molecular formula is C16H13F2N5O2S. The van der Waals surface area contributed by atoms with Gasteiger partial charge in [0, 0.05) is 23.7 Å². The van der Waals surface area contributed by atoms with Crippen LogP contribution in [0.25, 0.3) is 10.9 Å². The van der Waals surface area contributed by atoms with E-state index in [1.54, 1.807) is 23.5 Å². The first kappa shape index (κ1) is 16.7. The molecule has 0 radical (unpaired) electrons. The molecule has 3 aromatic rings. The average Bonchev–Trinajstić information content (AvgIpc) is 3.26. The summed E-state index contributed by atoms with van der Waals surface area (Å²) in [6, 6.07) is 1.92. The summed E-state index contributed by atoms with van der Waals surface area (Å²) < 4.78 is 30.1. The van der Waals surface area contributed by atoms with Crippen molar-refractivity contribution in [3.05, 3.63) is 41.0 Å². The number of amides is 1. The lowest BCUT2D eigenvalue weighted by molar-refractivity contribution is -0.118. The van der Waals surface area contributed by atoms with Gasteiger partial charge in [-0.15, -0.1) is 21.5 Å². The van der Waals surface area contributed by atoms with E-state index in [1.165, 1.54) is 11.3 Å². The van der Waals surface area contributed by atoms with Gasteiger partial charge in [0.25, 0.3) is 11.8 Å². The Kier molecular flexibility index (Phi) is 4.41. The molecule has 10 heteroatoms. The Bertz CT molecular complexity index is 942. The van der Waals surface area contributed by atoms with Crippen LogP contribution in [-0.4, -0.2) is 26.1 Å². The predicted molar refractivity (Wildman–Crippen MR) is 88.7 cm³/mol. The highest BCUT2D eigenvalue weighted by molar-refractivity contribution is 7.14. The molecule has 0 atom stereocenters. The highest BCUT2D eigenvalue weighted by atomic mass is 32.1. The van der Waals surface area contributed by atoms with Crippen molar-refractivity contribution in [3.63, 3.8) is 0 Å². The summed E-state index contributed by atoms with van der Waals surface area (Å²) >= 11 is 1.22. The number of thiazole rings is 1. The molecule has 0 aromatic carbocycles. The second-order valence-electron chi connectivity index (χ2n) is 5.72. The van der Waals surface area contributed by atoms with Gasteiger partial charge in [-0.2, -0.15) is 8.78 Å². The van der Waals surface area contributed by atoms with Gasteiger partial charge in [-0.25, -0.2) is 4.98 Å². The highest BCUT2D eigenvalue weighted by Crippen LogP contribution is 2.31. The number of rotatable bonds is 4. The molecule has 0 N–H and O–H groups in total. The summed E-state index contributed by atoms with van der Waals surface area (Å²) in [5, 5.41) is 7.23. The van der Waals surface area contributed by atoms with Gasteiger partial charge < -0.3 is 9.32 Å². The summed E-state index contributed by atoms with van der Waals surface area (Å²) in [6.45, 7) is 0.324. The third-order valence-corrected chi connectivity index (χ3v) is 4.96. The van der Waals surface area contributed by atoms with Gasteiger partial charge >= 0.3 is 6.43 Å². The standard InChI is InChI=1S/C16H13F2N5O2S/c17-13(18)14-21-22-15(25-14)16-20-6-10(26-16)8-23-11-7-19-5-4-9(11)2-1-3-12(23)24/h4-7,13H,1-3,8H2. The third-order valence-electron chi connectivity index (χ3n) is 3.99. The SMILES string of the molecule is O=C1CCCc2ccncc2N1Cc1cnc(-c2nnc(C(F)F)o2)s1. The van der Waals surface area contributed by atoms with Gasteiger partial charge in [0.15, 0.2) is 5.01 Å². The number of aromatic nitrogens is 4. The molecule has 0 saturated carbocycles. The zero-order valence-electron chi connectivity index (χ0n) is 13.4. The number of pyridine rings is 1. The molecule has 4 rings (SSSR count). The first-order valence-electron chi connectivity index (χ1n) is 7.91. The van der Waals surface area contributed by atoms with Crippen molar-refractivity contribution in [1.82, 2.24) is 20.2 Å². The number of nitrogens with zero attached hydrogens (tertiary/aromatic N) is 5. The maximum atomic E-state index is 12.6. The minimum atomic E-state index is -2.82. The monoisotopic (exact) mass is 377 g/mol. The lowest BCUT2D eigenvalue weighted by atomic mass is 10.1. The summed E-state index contributed by atoms with van der Waals surface area (Å²) in [6.07, 6.45) is 4.24. The fourth-order valence-corrected chi connectivity index (χ4v) is 3.61. The molecule has 7 nitrogen and oxygen atoms in total. The van der Waals surface area contributed by atoms with Crippen LogP contribution in [0.4, 0.5) is 14.5 Å². The van der Waals surface area contributed by atoms with Crippen LogP contribution in [0.1, 0.15) is 35.6 Å². The fourth-order valence-electron chi connectivity index (χ4n) is 2.79. The van der Waals surface area contributed by atoms with Crippen LogP contribution >= 0.6 is 11.3 Å². The van der Waals surface area contributed by atoms with Crippen molar-refractivity contribution in [3.8, 4) is 10.9 Å². The molecule has 0 unspecified atom stereocenters. The highest BCUT2D eigenvalue weighted by Gasteiger charge is 2.24. The third kappa shape index (κ3) is 3.19. The summed E-state index contributed by atoms with van der Waals surface area (Å²) in [5.41, 5.74) is 1.87. The normalized spacial score (nSPS) is 14.6. The Labute approximate surface area is 150 Å². The van der Waals surface area contributed by atoms with E-state index in [0.717, 1.165) is 29.0 Å². The van der Waals surface area contributed by atoms with E-state index in [1.807, 2.05) is 6.07 Å². The second-order valence-corrected chi connectivity index (χ2v) is 6.83. The van der Waals surface area contributed by atoms with Gasteiger partial charge in [0.05, 0.1) is 18.4 Å². The molecule has 1 aliphatic rings. The van der Waals surface area contributed by atoms with Crippen LogP contribution in [0.5, 0.6) is 0 Å². The maximum Gasteiger partial charge on any atom is 0.314 e. The average molecular weight is 377 g/mol.